The lowest BCUT2D eigenvalue weighted by molar-refractivity contribution is -0.117. The number of para-hydroxylation sites is 1. The van der Waals surface area contributed by atoms with Crippen molar-refractivity contribution in [2.45, 2.75) is 0 Å². The first-order chi connectivity index (χ1) is 14.2. The predicted molar refractivity (Wildman–Crippen MR) is 111 cm³/mol. The van der Waals surface area contributed by atoms with E-state index in [0.717, 1.165) is 11.4 Å². The van der Waals surface area contributed by atoms with Crippen LogP contribution in [-0.2, 0) is 4.79 Å². The second-order valence-corrected chi connectivity index (χ2v) is 6.98. The molecule has 2 aromatic carbocycles. The molecule has 1 saturated heterocycles. The van der Waals surface area contributed by atoms with Gasteiger partial charge in [-0.3, -0.25) is 14.5 Å². The van der Waals surface area contributed by atoms with E-state index in [9.17, 15) is 9.59 Å². The maximum absolute atomic E-state index is 12.8. The number of nitrogens with zero attached hydrogens (tertiary/aromatic N) is 4. The van der Waals surface area contributed by atoms with E-state index in [4.69, 9.17) is 0 Å². The molecule has 1 aromatic heterocycles. The average Bonchev–Trinajstić information content (AvgIpc) is 3.29. The third kappa shape index (κ3) is 4.70. The number of carbonyl (C=O) groups excluding carboxylic acids is 2. The zero-order valence-corrected chi connectivity index (χ0v) is 16.1. The fourth-order valence-corrected chi connectivity index (χ4v) is 3.40. The van der Waals surface area contributed by atoms with Crippen molar-refractivity contribution in [3.8, 4) is 5.69 Å². The largest absolute Gasteiger partial charge is 0.336 e. The van der Waals surface area contributed by atoms with Crippen LogP contribution in [0, 0.1) is 0 Å². The Bertz CT molecular complexity index is 947. The first-order valence-electron chi connectivity index (χ1n) is 9.66. The van der Waals surface area contributed by atoms with Crippen molar-refractivity contribution in [3.05, 3.63) is 78.6 Å². The molecule has 2 heterocycles. The van der Waals surface area contributed by atoms with Gasteiger partial charge in [-0.1, -0.05) is 18.2 Å². The number of piperazine rings is 1. The predicted octanol–water partition coefficient (Wildman–Crippen LogP) is 2.27. The lowest BCUT2D eigenvalue weighted by atomic mass is 10.1. The molecule has 1 aliphatic heterocycles. The van der Waals surface area contributed by atoms with Gasteiger partial charge in [0, 0.05) is 49.8 Å². The fourth-order valence-electron chi connectivity index (χ4n) is 3.40. The van der Waals surface area contributed by atoms with Crippen molar-refractivity contribution in [2.75, 3.05) is 38.0 Å². The first kappa shape index (κ1) is 18.9. The number of hydrogen-bond acceptors (Lipinski definition) is 4. The number of aromatic nitrogens is 2. The zero-order chi connectivity index (χ0) is 20.1. The minimum absolute atomic E-state index is 0.0189. The first-order valence-corrected chi connectivity index (χ1v) is 9.66. The normalized spacial score (nSPS) is 14.6. The van der Waals surface area contributed by atoms with Crippen LogP contribution in [0.25, 0.3) is 5.69 Å². The van der Waals surface area contributed by atoms with Crippen molar-refractivity contribution < 1.29 is 9.59 Å². The molecular weight excluding hydrogens is 366 g/mol. The third-order valence-electron chi connectivity index (χ3n) is 4.97. The molecule has 0 unspecified atom stereocenters. The van der Waals surface area contributed by atoms with Gasteiger partial charge in [0.15, 0.2) is 0 Å². The van der Waals surface area contributed by atoms with E-state index in [-0.39, 0.29) is 11.8 Å². The van der Waals surface area contributed by atoms with Crippen molar-refractivity contribution in [1.29, 1.82) is 0 Å². The molecular formula is C22H23N5O2. The molecule has 7 nitrogen and oxygen atoms in total. The van der Waals surface area contributed by atoms with Gasteiger partial charge >= 0.3 is 0 Å². The SMILES string of the molecule is O=C(CN1CCN(C(=O)c2ccc(-n3cccn3)cc2)CC1)Nc1ccccc1. The van der Waals surface area contributed by atoms with Crippen LogP contribution in [0.5, 0.6) is 0 Å². The Morgan fingerprint density at radius 3 is 2.28 bits per heavy atom. The summed E-state index contributed by atoms with van der Waals surface area (Å²) in [7, 11) is 0. The Balaban J connectivity index is 1.28. The maximum Gasteiger partial charge on any atom is 0.253 e. The number of hydrogen-bond donors (Lipinski definition) is 1. The van der Waals surface area contributed by atoms with Crippen LogP contribution in [0.3, 0.4) is 0 Å². The molecule has 148 valence electrons. The molecule has 3 aromatic rings. The van der Waals surface area contributed by atoms with Crippen LogP contribution >= 0.6 is 0 Å². The number of anilines is 1. The number of carbonyl (C=O) groups is 2. The molecule has 0 bridgehead atoms. The van der Waals surface area contributed by atoms with E-state index >= 15 is 0 Å². The molecule has 2 amide bonds. The van der Waals surface area contributed by atoms with Gasteiger partial charge in [0.1, 0.15) is 0 Å². The Morgan fingerprint density at radius 2 is 1.62 bits per heavy atom. The summed E-state index contributed by atoms with van der Waals surface area (Å²) >= 11 is 0. The highest BCUT2D eigenvalue weighted by molar-refractivity contribution is 5.94. The van der Waals surface area contributed by atoms with E-state index in [1.165, 1.54) is 0 Å². The van der Waals surface area contributed by atoms with Crippen LogP contribution in [0.4, 0.5) is 5.69 Å². The van der Waals surface area contributed by atoms with Gasteiger partial charge in [0.2, 0.25) is 5.91 Å². The highest BCUT2D eigenvalue weighted by Crippen LogP contribution is 2.13. The van der Waals surface area contributed by atoms with Crippen molar-refractivity contribution >= 4 is 17.5 Å². The Kier molecular flexibility index (Phi) is 5.67. The monoisotopic (exact) mass is 389 g/mol. The molecule has 7 heteroatoms. The molecule has 1 aliphatic rings. The standard InChI is InChI=1S/C22H23N5O2/c28-21(24-19-5-2-1-3-6-19)17-25-13-15-26(16-14-25)22(29)18-7-9-20(10-8-18)27-12-4-11-23-27/h1-12H,13-17H2,(H,24,28). The number of rotatable bonds is 5. The van der Waals surface area contributed by atoms with Gasteiger partial charge < -0.3 is 10.2 Å². The molecule has 0 spiro atoms. The van der Waals surface area contributed by atoms with Crippen LogP contribution in [-0.4, -0.2) is 64.1 Å². The summed E-state index contributed by atoms with van der Waals surface area (Å²) in [5.41, 5.74) is 2.38. The lowest BCUT2D eigenvalue weighted by Gasteiger charge is -2.34. The van der Waals surface area contributed by atoms with Crippen molar-refractivity contribution in [2.24, 2.45) is 0 Å². The minimum Gasteiger partial charge on any atom is -0.336 e. The third-order valence-corrected chi connectivity index (χ3v) is 4.97. The molecule has 1 N–H and O–H groups in total. The summed E-state index contributed by atoms with van der Waals surface area (Å²) in [6.07, 6.45) is 3.59. The summed E-state index contributed by atoms with van der Waals surface area (Å²) in [6, 6.07) is 18.7. The maximum atomic E-state index is 12.8. The zero-order valence-electron chi connectivity index (χ0n) is 16.1. The average molecular weight is 389 g/mol. The molecule has 0 atom stereocenters. The molecule has 0 saturated carbocycles. The van der Waals surface area contributed by atoms with Gasteiger partial charge in [0.25, 0.3) is 5.91 Å². The molecule has 29 heavy (non-hydrogen) atoms. The van der Waals surface area contributed by atoms with Crippen molar-refractivity contribution in [3.63, 3.8) is 0 Å². The Hall–Kier alpha value is -3.45. The van der Waals surface area contributed by atoms with Gasteiger partial charge in [-0.2, -0.15) is 5.10 Å². The van der Waals surface area contributed by atoms with E-state index < -0.39 is 0 Å². The second kappa shape index (κ2) is 8.70. The fraction of sp³-hybridized carbons (Fsp3) is 0.227. The van der Waals surface area contributed by atoms with Crippen LogP contribution in [0.15, 0.2) is 73.1 Å². The van der Waals surface area contributed by atoms with E-state index in [2.05, 4.69) is 15.3 Å². The van der Waals surface area contributed by atoms with Gasteiger partial charge in [0.05, 0.1) is 12.2 Å². The Labute approximate surface area is 169 Å². The summed E-state index contributed by atoms with van der Waals surface area (Å²) in [5, 5.41) is 7.09. The number of nitrogens with one attached hydrogen (secondary N) is 1. The summed E-state index contributed by atoms with van der Waals surface area (Å²) in [6.45, 7) is 2.91. The van der Waals surface area contributed by atoms with E-state index in [1.807, 2.05) is 71.8 Å². The molecule has 0 radical (unpaired) electrons. The van der Waals surface area contributed by atoms with Crippen molar-refractivity contribution in [1.82, 2.24) is 19.6 Å². The van der Waals surface area contributed by atoms with Crippen LogP contribution in [0.1, 0.15) is 10.4 Å². The van der Waals surface area contributed by atoms with Gasteiger partial charge in [-0.25, -0.2) is 4.68 Å². The topological polar surface area (TPSA) is 70.5 Å². The highest BCUT2D eigenvalue weighted by atomic mass is 16.2. The van der Waals surface area contributed by atoms with Gasteiger partial charge in [-0.15, -0.1) is 0 Å². The highest BCUT2D eigenvalue weighted by Gasteiger charge is 2.23. The minimum atomic E-state index is -0.0369. The number of benzene rings is 2. The smallest absolute Gasteiger partial charge is 0.253 e. The second-order valence-electron chi connectivity index (χ2n) is 6.98. The summed E-state index contributed by atoms with van der Waals surface area (Å²) in [5.74, 6) is -0.0180. The molecule has 1 fully saturated rings. The van der Waals surface area contributed by atoms with E-state index in [0.29, 0.717) is 38.3 Å². The molecule has 4 rings (SSSR count). The Morgan fingerprint density at radius 1 is 0.897 bits per heavy atom. The van der Waals surface area contributed by atoms with Crippen LogP contribution in [0.2, 0.25) is 0 Å². The van der Waals surface area contributed by atoms with E-state index in [1.54, 1.807) is 10.9 Å². The van der Waals surface area contributed by atoms with Gasteiger partial charge in [-0.05, 0) is 42.5 Å². The van der Waals surface area contributed by atoms with Crippen LogP contribution < -0.4 is 5.32 Å². The quantitative estimate of drug-likeness (QED) is 0.727. The summed E-state index contributed by atoms with van der Waals surface area (Å²) in [4.78, 5) is 28.9. The lowest BCUT2D eigenvalue weighted by Crippen LogP contribution is -2.50. The number of amides is 2. The molecule has 0 aliphatic carbocycles. The summed E-state index contributed by atoms with van der Waals surface area (Å²) < 4.78 is 1.76.